The van der Waals surface area contributed by atoms with E-state index in [1.807, 2.05) is 20.8 Å². The average Bonchev–Trinajstić information content (AvgIpc) is 2.82. The molecule has 1 heterocycles. The van der Waals surface area contributed by atoms with Gasteiger partial charge in [-0.2, -0.15) is 5.26 Å². The quantitative estimate of drug-likeness (QED) is 0.358. The Kier molecular flexibility index (Phi) is 10.7. The minimum atomic E-state index is -1.27. The van der Waals surface area contributed by atoms with E-state index < -0.39 is 23.7 Å². The lowest BCUT2D eigenvalue weighted by Gasteiger charge is -2.31. The number of carbonyl (C=O) groups is 3. The van der Waals surface area contributed by atoms with Crippen LogP contribution >= 0.6 is 23.4 Å². The van der Waals surface area contributed by atoms with Crippen LogP contribution in [0.25, 0.3) is 0 Å². The van der Waals surface area contributed by atoms with Crippen LogP contribution < -0.4 is 10.1 Å². The first-order chi connectivity index (χ1) is 16.3. The van der Waals surface area contributed by atoms with Crippen molar-refractivity contribution in [3.05, 3.63) is 39.4 Å². The number of nitrogens with zero attached hydrogens (tertiary/aromatic N) is 2. The largest absolute Gasteiger partial charge is 0.492 e. The number of hydrogen-bond donors (Lipinski definition) is 1. The summed E-state index contributed by atoms with van der Waals surface area (Å²) in [7, 11) is 1.19. The van der Waals surface area contributed by atoms with Crippen LogP contribution in [0.2, 0.25) is 5.02 Å². The molecule has 0 aliphatic carbocycles. The Morgan fingerprint density at radius 1 is 1.24 bits per heavy atom. The van der Waals surface area contributed by atoms with Crippen LogP contribution in [-0.2, 0) is 19.1 Å². The van der Waals surface area contributed by atoms with Gasteiger partial charge in [0.2, 0.25) is 11.8 Å². The number of methoxy groups -OCH3 is 1. The third-order valence-corrected chi connectivity index (χ3v) is 6.58. The molecular formula is C24H30ClN3O5S. The first-order valence-electron chi connectivity index (χ1n) is 11.2. The summed E-state index contributed by atoms with van der Waals surface area (Å²) in [5, 5.41) is 13.2. The Labute approximate surface area is 209 Å². The molecule has 0 unspecified atom stereocenters. The molecule has 184 valence electrons. The van der Waals surface area contributed by atoms with E-state index in [2.05, 4.69) is 11.4 Å². The van der Waals surface area contributed by atoms with Gasteiger partial charge in [-0.1, -0.05) is 43.3 Å². The summed E-state index contributed by atoms with van der Waals surface area (Å²) >= 11 is 7.43. The summed E-state index contributed by atoms with van der Waals surface area (Å²) in [4.78, 5) is 40.0. The molecule has 1 N–H and O–H groups in total. The fourth-order valence-electron chi connectivity index (χ4n) is 3.79. The highest BCUT2D eigenvalue weighted by Gasteiger charge is 2.44. The predicted molar refractivity (Wildman–Crippen MR) is 131 cm³/mol. The molecule has 0 saturated heterocycles. The lowest BCUT2D eigenvalue weighted by Crippen LogP contribution is -2.44. The van der Waals surface area contributed by atoms with Gasteiger partial charge in [-0.25, -0.2) is 0 Å². The minimum Gasteiger partial charge on any atom is -0.492 e. The Bertz CT molecular complexity index is 985. The van der Waals surface area contributed by atoms with Gasteiger partial charge in [0.25, 0.3) is 0 Å². The Hall–Kier alpha value is -2.70. The topological polar surface area (TPSA) is 109 Å². The molecule has 10 heteroatoms. The maximum atomic E-state index is 13.0. The molecule has 1 aliphatic heterocycles. The van der Waals surface area contributed by atoms with Gasteiger partial charge >= 0.3 is 5.97 Å². The molecule has 1 aromatic rings. The lowest BCUT2D eigenvalue weighted by atomic mass is 9.78. The summed E-state index contributed by atoms with van der Waals surface area (Å²) in [6.07, 6.45) is 1.67. The molecule has 34 heavy (non-hydrogen) atoms. The zero-order chi connectivity index (χ0) is 25.3. The standard InChI is InChI=1S/C24H30ClN3O5S/c1-5-10-28(11-6-2)19(29)14-34-23-16(13-26)20(21(22(30)27-23)24(31)32-4)15-8-9-18(33-7-3)17(25)12-15/h8-9,12,20-21H,5-7,10-11,14H2,1-4H3,(H,27,30)/t20-,21+/m1/s1. The molecule has 1 aromatic carbocycles. The van der Waals surface area contributed by atoms with E-state index in [4.69, 9.17) is 21.1 Å². The number of carbonyl (C=O) groups excluding carboxylic acids is 3. The molecular weight excluding hydrogens is 478 g/mol. The zero-order valence-electron chi connectivity index (χ0n) is 19.9. The highest BCUT2D eigenvalue weighted by Crippen LogP contribution is 2.42. The lowest BCUT2D eigenvalue weighted by molar-refractivity contribution is -0.150. The number of esters is 1. The number of nitrogens with one attached hydrogen (secondary N) is 1. The van der Waals surface area contributed by atoms with Crippen LogP contribution in [0.4, 0.5) is 0 Å². The number of rotatable bonds is 11. The second-order valence-electron chi connectivity index (χ2n) is 7.61. The van der Waals surface area contributed by atoms with E-state index >= 15 is 0 Å². The second-order valence-corrected chi connectivity index (χ2v) is 9.01. The fraction of sp³-hybridized carbons (Fsp3) is 0.500. The number of thioether (sulfide) groups is 1. The number of hydrogen-bond acceptors (Lipinski definition) is 7. The Morgan fingerprint density at radius 2 is 1.91 bits per heavy atom. The molecule has 0 fully saturated rings. The average molecular weight is 508 g/mol. The van der Waals surface area contributed by atoms with Crippen LogP contribution in [0.3, 0.4) is 0 Å². The van der Waals surface area contributed by atoms with Crippen LogP contribution in [0.15, 0.2) is 28.8 Å². The van der Waals surface area contributed by atoms with Crippen molar-refractivity contribution >= 4 is 41.1 Å². The first-order valence-corrected chi connectivity index (χ1v) is 12.5. The van der Waals surface area contributed by atoms with Gasteiger partial charge in [-0.15, -0.1) is 0 Å². The van der Waals surface area contributed by atoms with Crippen molar-refractivity contribution in [3.8, 4) is 11.8 Å². The van der Waals surface area contributed by atoms with Crippen molar-refractivity contribution in [2.45, 2.75) is 39.5 Å². The van der Waals surface area contributed by atoms with Crippen molar-refractivity contribution in [2.75, 3.05) is 32.6 Å². The smallest absolute Gasteiger partial charge is 0.319 e. The van der Waals surface area contributed by atoms with E-state index in [1.54, 1.807) is 23.1 Å². The molecule has 0 bridgehead atoms. The number of allylic oxidation sites excluding steroid dienone is 1. The van der Waals surface area contributed by atoms with Crippen LogP contribution in [0.1, 0.15) is 45.1 Å². The Balaban J connectivity index is 2.46. The summed E-state index contributed by atoms with van der Waals surface area (Å²) in [5.41, 5.74) is 0.670. The summed E-state index contributed by atoms with van der Waals surface area (Å²) in [6.45, 7) is 7.52. The third-order valence-electron chi connectivity index (χ3n) is 5.28. The number of nitriles is 1. The van der Waals surface area contributed by atoms with E-state index in [0.717, 1.165) is 24.6 Å². The molecule has 2 atom stereocenters. The van der Waals surface area contributed by atoms with Crippen molar-refractivity contribution in [3.63, 3.8) is 0 Å². The van der Waals surface area contributed by atoms with Crippen molar-refractivity contribution < 1.29 is 23.9 Å². The zero-order valence-corrected chi connectivity index (χ0v) is 21.4. The molecule has 8 nitrogen and oxygen atoms in total. The van der Waals surface area contributed by atoms with Gasteiger partial charge in [0.05, 0.1) is 41.2 Å². The SMILES string of the molecule is CCCN(CCC)C(=O)CSC1=C(C#N)[C@@H](c2ccc(OCC)c(Cl)c2)[C@H](C(=O)OC)C(=O)N1. The van der Waals surface area contributed by atoms with Crippen molar-refractivity contribution in [1.82, 2.24) is 10.2 Å². The minimum absolute atomic E-state index is 0.0560. The fourth-order valence-corrected chi connectivity index (χ4v) is 4.98. The normalized spacial score (nSPS) is 17.6. The first kappa shape index (κ1) is 27.5. The number of ether oxygens (including phenoxy) is 2. The van der Waals surface area contributed by atoms with Crippen LogP contribution in [-0.4, -0.2) is 55.2 Å². The molecule has 0 saturated carbocycles. The number of amides is 2. The van der Waals surface area contributed by atoms with E-state index in [9.17, 15) is 19.6 Å². The van der Waals surface area contributed by atoms with Gasteiger partial charge in [-0.05, 0) is 37.5 Å². The summed E-state index contributed by atoms with van der Waals surface area (Å²) in [6, 6.07) is 7.03. The van der Waals surface area contributed by atoms with E-state index in [0.29, 0.717) is 36.0 Å². The third kappa shape index (κ3) is 6.45. The van der Waals surface area contributed by atoms with Gasteiger partial charge in [0, 0.05) is 19.0 Å². The molecule has 0 radical (unpaired) electrons. The molecule has 1 aliphatic rings. The summed E-state index contributed by atoms with van der Waals surface area (Å²) < 4.78 is 10.3. The van der Waals surface area contributed by atoms with Gasteiger partial charge in [0.15, 0.2) is 0 Å². The molecule has 0 aromatic heterocycles. The van der Waals surface area contributed by atoms with E-state index in [1.165, 1.54) is 7.11 Å². The second kappa shape index (κ2) is 13.3. The van der Waals surface area contributed by atoms with E-state index in [-0.39, 0.29) is 22.3 Å². The highest BCUT2D eigenvalue weighted by molar-refractivity contribution is 8.03. The van der Waals surface area contributed by atoms with Gasteiger partial charge < -0.3 is 19.7 Å². The Morgan fingerprint density at radius 3 is 2.44 bits per heavy atom. The molecule has 0 spiro atoms. The monoisotopic (exact) mass is 507 g/mol. The van der Waals surface area contributed by atoms with Crippen molar-refractivity contribution in [2.24, 2.45) is 5.92 Å². The predicted octanol–water partition coefficient (Wildman–Crippen LogP) is 3.86. The summed E-state index contributed by atoms with van der Waals surface area (Å²) in [5.74, 6) is -3.13. The van der Waals surface area contributed by atoms with Crippen molar-refractivity contribution in [1.29, 1.82) is 5.26 Å². The van der Waals surface area contributed by atoms with Gasteiger partial charge in [0.1, 0.15) is 11.7 Å². The highest BCUT2D eigenvalue weighted by atomic mass is 35.5. The van der Waals surface area contributed by atoms with Crippen LogP contribution in [0, 0.1) is 17.2 Å². The molecule has 2 amide bonds. The maximum absolute atomic E-state index is 13.0. The van der Waals surface area contributed by atoms with Crippen LogP contribution in [0.5, 0.6) is 5.75 Å². The number of halogens is 1. The maximum Gasteiger partial charge on any atom is 0.319 e. The molecule has 2 rings (SSSR count). The van der Waals surface area contributed by atoms with Gasteiger partial charge in [-0.3, -0.25) is 14.4 Å². The number of benzene rings is 1.